The van der Waals surface area contributed by atoms with Crippen LogP contribution in [-0.4, -0.2) is 10.8 Å². The first-order chi connectivity index (χ1) is 14.0. The van der Waals surface area contributed by atoms with Crippen molar-refractivity contribution in [2.45, 2.75) is 6.92 Å². The molecule has 0 spiro atoms. The molecule has 0 aliphatic carbocycles. The van der Waals surface area contributed by atoms with Crippen LogP contribution in [0.5, 0.6) is 0 Å². The summed E-state index contributed by atoms with van der Waals surface area (Å²) in [6, 6.07) is 22.8. The van der Waals surface area contributed by atoms with Crippen LogP contribution in [0.3, 0.4) is 0 Å². The summed E-state index contributed by atoms with van der Waals surface area (Å²) in [7, 11) is 0. The molecule has 0 aliphatic heterocycles. The first-order valence-corrected chi connectivity index (χ1v) is 9.92. The van der Waals surface area contributed by atoms with Gasteiger partial charge in [-0.1, -0.05) is 71.7 Å². The standard InChI is InChI=1S/C25H17Cl2NO/c1-16-24(23(29)14-11-17-7-5-6-10-21(17)27)25(18-8-3-2-4-9-18)20-15-19(26)12-13-22(20)28-16/h2-15H,1H3. The Hall–Kier alpha value is -2.94. The Kier molecular flexibility index (Phi) is 5.48. The number of ketones is 1. The molecule has 0 radical (unpaired) electrons. The minimum Gasteiger partial charge on any atom is -0.289 e. The highest BCUT2D eigenvalue weighted by Crippen LogP contribution is 2.35. The van der Waals surface area contributed by atoms with Gasteiger partial charge in [0.1, 0.15) is 0 Å². The number of carbonyl (C=O) groups excluding carboxylic acids is 1. The van der Waals surface area contributed by atoms with Gasteiger partial charge in [0, 0.05) is 26.7 Å². The molecule has 0 atom stereocenters. The summed E-state index contributed by atoms with van der Waals surface area (Å²) in [6.07, 6.45) is 3.29. The Bertz CT molecular complexity index is 1250. The van der Waals surface area contributed by atoms with Gasteiger partial charge in [0.2, 0.25) is 0 Å². The maximum absolute atomic E-state index is 13.3. The summed E-state index contributed by atoms with van der Waals surface area (Å²) < 4.78 is 0. The predicted molar refractivity (Wildman–Crippen MR) is 122 cm³/mol. The normalized spacial score (nSPS) is 11.3. The summed E-state index contributed by atoms with van der Waals surface area (Å²) in [4.78, 5) is 17.9. The number of carbonyl (C=O) groups is 1. The lowest BCUT2D eigenvalue weighted by Crippen LogP contribution is -2.05. The van der Waals surface area contributed by atoms with Crippen LogP contribution in [0.25, 0.3) is 28.1 Å². The quantitative estimate of drug-likeness (QED) is 0.255. The molecule has 0 saturated carbocycles. The van der Waals surface area contributed by atoms with Gasteiger partial charge in [-0.25, -0.2) is 0 Å². The van der Waals surface area contributed by atoms with Gasteiger partial charge in [-0.2, -0.15) is 0 Å². The second kappa shape index (κ2) is 8.20. The number of rotatable bonds is 4. The first kappa shape index (κ1) is 19.4. The lowest BCUT2D eigenvalue weighted by molar-refractivity contribution is 0.104. The number of pyridine rings is 1. The fraction of sp³-hybridized carbons (Fsp3) is 0.0400. The largest absolute Gasteiger partial charge is 0.289 e. The third kappa shape index (κ3) is 3.95. The van der Waals surface area contributed by atoms with Crippen molar-refractivity contribution >= 4 is 46.0 Å². The summed E-state index contributed by atoms with van der Waals surface area (Å²) >= 11 is 12.5. The molecular formula is C25H17Cl2NO. The maximum Gasteiger partial charge on any atom is 0.188 e. The van der Waals surface area contributed by atoms with Crippen LogP contribution in [0.4, 0.5) is 0 Å². The fourth-order valence-electron chi connectivity index (χ4n) is 3.42. The van der Waals surface area contributed by atoms with Crippen molar-refractivity contribution in [2.24, 2.45) is 0 Å². The minimum absolute atomic E-state index is 0.129. The van der Waals surface area contributed by atoms with Crippen molar-refractivity contribution < 1.29 is 4.79 Å². The van der Waals surface area contributed by atoms with Gasteiger partial charge >= 0.3 is 0 Å². The molecule has 0 aliphatic rings. The molecule has 0 unspecified atom stereocenters. The summed E-state index contributed by atoms with van der Waals surface area (Å²) in [6.45, 7) is 1.86. The van der Waals surface area contributed by atoms with Crippen LogP contribution in [0.2, 0.25) is 10.0 Å². The van der Waals surface area contributed by atoms with Crippen molar-refractivity contribution in [3.8, 4) is 11.1 Å². The Morgan fingerprint density at radius 1 is 0.931 bits per heavy atom. The lowest BCUT2D eigenvalue weighted by Gasteiger charge is -2.14. The smallest absolute Gasteiger partial charge is 0.188 e. The third-order valence-electron chi connectivity index (χ3n) is 4.76. The monoisotopic (exact) mass is 417 g/mol. The molecule has 2 nitrogen and oxygen atoms in total. The first-order valence-electron chi connectivity index (χ1n) is 9.17. The number of benzene rings is 3. The number of aryl methyl sites for hydroxylation is 1. The molecule has 0 saturated heterocycles. The maximum atomic E-state index is 13.3. The second-order valence-corrected chi connectivity index (χ2v) is 7.54. The molecule has 0 amide bonds. The van der Waals surface area contributed by atoms with Crippen LogP contribution in [0.1, 0.15) is 21.6 Å². The SMILES string of the molecule is Cc1nc2ccc(Cl)cc2c(-c2ccccc2)c1C(=O)C=Cc1ccccc1Cl. The highest BCUT2D eigenvalue weighted by atomic mass is 35.5. The lowest BCUT2D eigenvalue weighted by atomic mass is 9.92. The highest BCUT2D eigenvalue weighted by molar-refractivity contribution is 6.32. The molecule has 3 aromatic carbocycles. The van der Waals surface area contributed by atoms with Gasteiger partial charge in [-0.15, -0.1) is 0 Å². The molecule has 29 heavy (non-hydrogen) atoms. The number of nitrogens with zero attached hydrogens (tertiary/aromatic N) is 1. The van der Waals surface area contributed by atoms with E-state index < -0.39 is 0 Å². The number of halogens is 2. The van der Waals surface area contributed by atoms with E-state index in [9.17, 15) is 4.79 Å². The average Bonchev–Trinajstić information content (AvgIpc) is 2.73. The zero-order chi connectivity index (χ0) is 20.4. The van der Waals surface area contributed by atoms with Gasteiger partial charge in [0.25, 0.3) is 0 Å². The third-order valence-corrected chi connectivity index (χ3v) is 5.34. The molecule has 0 N–H and O–H groups in total. The number of aromatic nitrogens is 1. The minimum atomic E-state index is -0.129. The molecule has 1 heterocycles. The molecule has 0 fully saturated rings. The van der Waals surface area contributed by atoms with Crippen LogP contribution in [-0.2, 0) is 0 Å². The van der Waals surface area contributed by atoms with Crippen molar-refractivity contribution in [3.63, 3.8) is 0 Å². The van der Waals surface area contributed by atoms with Crippen molar-refractivity contribution in [2.75, 3.05) is 0 Å². The highest BCUT2D eigenvalue weighted by Gasteiger charge is 2.19. The summed E-state index contributed by atoms with van der Waals surface area (Å²) in [5.74, 6) is -0.129. The molecular weight excluding hydrogens is 401 g/mol. The van der Waals surface area contributed by atoms with Crippen LogP contribution >= 0.6 is 23.2 Å². The van der Waals surface area contributed by atoms with Gasteiger partial charge in [-0.3, -0.25) is 9.78 Å². The Labute approximate surface area is 179 Å². The molecule has 142 valence electrons. The average molecular weight is 418 g/mol. The van der Waals surface area contributed by atoms with Crippen LogP contribution < -0.4 is 0 Å². The van der Waals surface area contributed by atoms with Crippen LogP contribution in [0.15, 0.2) is 78.9 Å². The van der Waals surface area contributed by atoms with E-state index in [2.05, 4.69) is 4.98 Å². The Morgan fingerprint density at radius 2 is 1.66 bits per heavy atom. The number of hydrogen-bond acceptors (Lipinski definition) is 2. The molecule has 4 rings (SSSR count). The zero-order valence-corrected chi connectivity index (χ0v) is 17.2. The van der Waals surface area contributed by atoms with Crippen molar-refractivity contribution in [1.29, 1.82) is 0 Å². The number of allylic oxidation sites excluding steroid dienone is 1. The number of fused-ring (bicyclic) bond motifs is 1. The summed E-state index contributed by atoms with van der Waals surface area (Å²) in [5.41, 5.74) is 4.61. The van der Waals surface area contributed by atoms with E-state index in [1.807, 2.05) is 73.7 Å². The van der Waals surface area contributed by atoms with E-state index >= 15 is 0 Å². The van der Waals surface area contributed by atoms with E-state index in [1.54, 1.807) is 18.2 Å². The summed E-state index contributed by atoms with van der Waals surface area (Å²) in [5, 5.41) is 2.05. The molecule has 4 heteroatoms. The van der Waals surface area contributed by atoms with Gasteiger partial charge < -0.3 is 0 Å². The van der Waals surface area contributed by atoms with Crippen molar-refractivity contribution in [3.05, 3.63) is 106 Å². The van der Waals surface area contributed by atoms with E-state index in [0.29, 0.717) is 21.3 Å². The molecule has 1 aromatic heterocycles. The molecule has 4 aromatic rings. The van der Waals surface area contributed by atoms with E-state index in [4.69, 9.17) is 23.2 Å². The second-order valence-electron chi connectivity index (χ2n) is 6.69. The van der Waals surface area contributed by atoms with Crippen molar-refractivity contribution in [1.82, 2.24) is 4.98 Å². The Balaban J connectivity index is 1.93. The van der Waals surface area contributed by atoms with Gasteiger partial charge in [-0.05, 0) is 54.5 Å². The predicted octanol–water partition coefficient (Wildman–Crippen LogP) is 7.41. The van der Waals surface area contributed by atoms with Gasteiger partial charge in [0.05, 0.1) is 11.1 Å². The fourth-order valence-corrected chi connectivity index (χ4v) is 3.79. The topological polar surface area (TPSA) is 30.0 Å². The van der Waals surface area contributed by atoms with Crippen LogP contribution in [0, 0.1) is 6.92 Å². The van der Waals surface area contributed by atoms with E-state index in [1.165, 1.54) is 0 Å². The molecule has 0 bridgehead atoms. The number of hydrogen-bond donors (Lipinski definition) is 0. The van der Waals surface area contributed by atoms with Gasteiger partial charge in [0.15, 0.2) is 5.78 Å². The Morgan fingerprint density at radius 3 is 2.41 bits per heavy atom. The van der Waals surface area contributed by atoms with E-state index in [0.717, 1.165) is 27.6 Å². The zero-order valence-electron chi connectivity index (χ0n) is 15.7. The van der Waals surface area contributed by atoms with E-state index in [-0.39, 0.29) is 5.78 Å².